The summed E-state index contributed by atoms with van der Waals surface area (Å²) in [6, 6.07) is 0. The molecule has 1 aromatic heterocycles. The number of rotatable bonds is 6. The van der Waals surface area contributed by atoms with Gasteiger partial charge in [0, 0.05) is 19.0 Å². The van der Waals surface area contributed by atoms with Crippen LogP contribution in [0.4, 0.5) is 5.13 Å². The number of carbonyl (C=O) groups is 2. The fourth-order valence-electron chi connectivity index (χ4n) is 2.72. The third-order valence-corrected chi connectivity index (χ3v) is 4.81. The van der Waals surface area contributed by atoms with E-state index in [1.807, 2.05) is 20.8 Å². The molecular formula is C17H27N5O4S. The number of hydrogen-bond acceptors (Lipinski definition) is 7. The van der Waals surface area contributed by atoms with Gasteiger partial charge in [-0.15, -0.1) is 0 Å². The molecule has 2 heterocycles. The maximum Gasteiger partial charge on any atom is 0.332 e. The highest BCUT2D eigenvalue weighted by Gasteiger charge is 2.29. The predicted octanol–water partition coefficient (Wildman–Crippen LogP) is 1.18. The van der Waals surface area contributed by atoms with Crippen LogP contribution in [0.5, 0.6) is 0 Å². The molecule has 10 heteroatoms. The maximum absolute atomic E-state index is 12.7. The Labute approximate surface area is 162 Å². The van der Waals surface area contributed by atoms with Gasteiger partial charge in [-0.25, -0.2) is 9.78 Å². The van der Waals surface area contributed by atoms with Crippen molar-refractivity contribution in [2.45, 2.75) is 39.7 Å². The first-order valence-electron chi connectivity index (χ1n) is 8.71. The van der Waals surface area contributed by atoms with Crippen LogP contribution in [-0.4, -0.2) is 59.6 Å². The molecule has 0 bridgehead atoms. The number of hydrogen-bond donors (Lipinski definition) is 2. The summed E-state index contributed by atoms with van der Waals surface area (Å²) in [4.78, 5) is 34.8. The van der Waals surface area contributed by atoms with Crippen LogP contribution < -0.4 is 11.5 Å². The Bertz CT molecular complexity index is 721. The van der Waals surface area contributed by atoms with E-state index in [0.717, 1.165) is 6.42 Å². The van der Waals surface area contributed by atoms with Crippen molar-refractivity contribution in [3.05, 3.63) is 10.6 Å². The Hall–Kier alpha value is -2.20. The van der Waals surface area contributed by atoms with Gasteiger partial charge in [-0.2, -0.15) is 4.99 Å². The Morgan fingerprint density at radius 1 is 1.37 bits per heavy atom. The highest BCUT2D eigenvalue weighted by atomic mass is 32.1. The van der Waals surface area contributed by atoms with Gasteiger partial charge in [-0.3, -0.25) is 4.79 Å². The Balaban J connectivity index is 1.83. The summed E-state index contributed by atoms with van der Waals surface area (Å²) in [5.41, 5.74) is 10.8. The number of nitrogens with zero attached hydrogens (tertiary/aromatic N) is 3. The first kappa shape index (κ1) is 21.1. The van der Waals surface area contributed by atoms with Crippen LogP contribution in [0.3, 0.4) is 0 Å². The van der Waals surface area contributed by atoms with Crippen molar-refractivity contribution in [3.8, 4) is 0 Å². The molecule has 1 aliphatic rings. The predicted molar refractivity (Wildman–Crippen MR) is 103 cm³/mol. The molecule has 0 radical (unpaired) electrons. The van der Waals surface area contributed by atoms with Crippen LogP contribution in [0.2, 0.25) is 0 Å². The minimum absolute atomic E-state index is 0.0858. The summed E-state index contributed by atoms with van der Waals surface area (Å²) >= 11 is 1.17. The molecule has 1 aromatic rings. The molecule has 0 spiro atoms. The summed E-state index contributed by atoms with van der Waals surface area (Å²) in [5.74, 6) is -0.384. The summed E-state index contributed by atoms with van der Waals surface area (Å²) in [6.07, 6.45) is 0.818. The van der Waals surface area contributed by atoms with E-state index in [-0.39, 0.29) is 30.4 Å². The van der Waals surface area contributed by atoms with Gasteiger partial charge in [0.15, 0.2) is 5.96 Å². The van der Waals surface area contributed by atoms with Crippen molar-refractivity contribution in [1.29, 1.82) is 0 Å². The standard InChI is InChI=1S/C17H27N5O4S/c1-10-13(27-16(20-10)21-15(18)19)14(24)22-6-5-11(7-22)8-25-9-12(23)26-17(2,3)4/h11H,5-9H2,1-4H3,(H4,18,19,20,21)/t11-/m0/s1. The first-order valence-corrected chi connectivity index (χ1v) is 9.52. The molecule has 0 saturated carbocycles. The molecule has 0 aromatic carbocycles. The zero-order valence-corrected chi connectivity index (χ0v) is 17.0. The highest BCUT2D eigenvalue weighted by Crippen LogP contribution is 2.28. The fraction of sp³-hybridized carbons (Fsp3) is 0.647. The molecular weight excluding hydrogens is 370 g/mol. The van der Waals surface area contributed by atoms with Gasteiger partial charge < -0.3 is 25.8 Å². The van der Waals surface area contributed by atoms with Crippen LogP contribution in [0, 0.1) is 12.8 Å². The van der Waals surface area contributed by atoms with E-state index >= 15 is 0 Å². The lowest BCUT2D eigenvalue weighted by Gasteiger charge is -2.20. The number of amides is 1. The summed E-state index contributed by atoms with van der Waals surface area (Å²) < 4.78 is 10.7. The number of ether oxygens (including phenoxy) is 2. The first-order chi connectivity index (χ1) is 12.5. The quantitative estimate of drug-likeness (QED) is 0.418. The zero-order chi connectivity index (χ0) is 20.2. The Morgan fingerprint density at radius 2 is 2.07 bits per heavy atom. The fourth-order valence-corrected chi connectivity index (χ4v) is 3.64. The van der Waals surface area contributed by atoms with Gasteiger partial charge in [0.2, 0.25) is 5.13 Å². The second-order valence-electron chi connectivity index (χ2n) is 7.46. The number of aliphatic imine (C=N–C) groups is 1. The Morgan fingerprint density at radius 3 is 2.70 bits per heavy atom. The second-order valence-corrected chi connectivity index (χ2v) is 8.43. The van der Waals surface area contributed by atoms with Gasteiger partial charge >= 0.3 is 5.97 Å². The van der Waals surface area contributed by atoms with Crippen molar-refractivity contribution in [1.82, 2.24) is 9.88 Å². The molecule has 1 fully saturated rings. The number of aryl methyl sites for hydroxylation is 1. The second kappa shape index (κ2) is 8.66. The summed E-state index contributed by atoms with van der Waals surface area (Å²) in [7, 11) is 0. The van der Waals surface area contributed by atoms with Gasteiger partial charge in [0.1, 0.15) is 17.1 Å². The summed E-state index contributed by atoms with van der Waals surface area (Å²) in [5, 5.41) is 0.368. The molecule has 1 amide bonds. The van der Waals surface area contributed by atoms with Gasteiger partial charge in [-0.05, 0) is 34.1 Å². The SMILES string of the molecule is Cc1nc(N=C(N)N)sc1C(=O)N1CC[C@H](COCC(=O)OC(C)(C)C)C1. The number of aromatic nitrogens is 1. The molecule has 4 N–H and O–H groups in total. The molecule has 9 nitrogen and oxygen atoms in total. The average molecular weight is 398 g/mol. The smallest absolute Gasteiger partial charge is 0.332 e. The van der Waals surface area contributed by atoms with E-state index in [0.29, 0.717) is 35.4 Å². The van der Waals surface area contributed by atoms with Crippen LogP contribution in [0.25, 0.3) is 0 Å². The third-order valence-electron chi connectivity index (χ3n) is 3.77. The third kappa shape index (κ3) is 6.47. The van der Waals surface area contributed by atoms with Crippen LogP contribution in [-0.2, 0) is 14.3 Å². The molecule has 1 aliphatic heterocycles. The lowest BCUT2D eigenvalue weighted by Crippen LogP contribution is -2.30. The lowest BCUT2D eigenvalue weighted by molar-refractivity contribution is -0.160. The van der Waals surface area contributed by atoms with Gasteiger partial charge in [-0.1, -0.05) is 11.3 Å². The monoisotopic (exact) mass is 397 g/mol. The molecule has 2 rings (SSSR count). The van der Waals surface area contributed by atoms with Crippen molar-refractivity contribution in [3.63, 3.8) is 0 Å². The highest BCUT2D eigenvalue weighted by molar-refractivity contribution is 7.17. The number of carbonyl (C=O) groups excluding carboxylic acids is 2. The van der Waals surface area contributed by atoms with E-state index in [2.05, 4.69) is 9.98 Å². The lowest BCUT2D eigenvalue weighted by atomic mass is 10.1. The van der Waals surface area contributed by atoms with E-state index in [4.69, 9.17) is 20.9 Å². The molecule has 0 aliphatic carbocycles. The number of thiazole rings is 1. The number of likely N-dealkylation sites (tertiary alicyclic amines) is 1. The number of nitrogens with two attached hydrogens (primary N) is 2. The van der Waals surface area contributed by atoms with Crippen molar-refractivity contribution in [2.24, 2.45) is 22.4 Å². The number of guanidine groups is 1. The molecule has 1 saturated heterocycles. The molecule has 150 valence electrons. The van der Waals surface area contributed by atoms with Crippen LogP contribution in [0.1, 0.15) is 42.6 Å². The normalized spacial score (nSPS) is 17.0. The number of esters is 1. The molecule has 0 unspecified atom stereocenters. The van der Waals surface area contributed by atoms with Crippen molar-refractivity contribution >= 4 is 34.3 Å². The largest absolute Gasteiger partial charge is 0.458 e. The Kier molecular flexibility index (Phi) is 6.77. The van der Waals surface area contributed by atoms with E-state index in [9.17, 15) is 9.59 Å². The van der Waals surface area contributed by atoms with E-state index in [1.54, 1.807) is 11.8 Å². The van der Waals surface area contributed by atoms with E-state index in [1.165, 1.54) is 11.3 Å². The van der Waals surface area contributed by atoms with Crippen molar-refractivity contribution < 1.29 is 19.1 Å². The minimum atomic E-state index is -0.527. The van der Waals surface area contributed by atoms with Crippen molar-refractivity contribution in [2.75, 3.05) is 26.3 Å². The van der Waals surface area contributed by atoms with Gasteiger partial charge in [0.05, 0.1) is 12.3 Å². The average Bonchev–Trinajstić information content (AvgIpc) is 3.11. The maximum atomic E-state index is 12.7. The van der Waals surface area contributed by atoms with Crippen LogP contribution >= 0.6 is 11.3 Å². The minimum Gasteiger partial charge on any atom is -0.458 e. The summed E-state index contributed by atoms with van der Waals surface area (Å²) in [6.45, 7) is 8.72. The molecule has 27 heavy (non-hydrogen) atoms. The topological polar surface area (TPSA) is 133 Å². The van der Waals surface area contributed by atoms with Crippen LogP contribution in [0.15, 0.2) is 4.99 Å². The van der Waals surface area contributed by atoms with Gasteiger partial charge in [0.25, 0.3) is 5.91 Å². The van der Waals surface area contributed by atoms with E-state index < -0.39 is 5.60 Å². The zero-order valence-electron chi connectivity index (χ0n) is 16.2. The molecule has 1 atom stereocenters.